The molecule has 0 heterocycles. The fraction of sp³-hybridized carbons (Fsp3) is 0.800. The van der Waals surface area contributed by atoms with Crippen molar-refractivity contribution < 1.29 is 19.8 Å². The number of allylic oxidation sites excluding steroid dienone is 2. The highest BCUT2D eigenvalue weighted by Gasteiger charge is 2.17. The number of carboxylic acids is 1. The molecule has 0 radical (unpaired) electrons. The normalized spacial score (nSPS) is 12.4. The predicted molar refractivity (Wildman–Crippen MR) is 101 cm³/mol. The van der Waals surface area contributed by atoms with E-state index in [9.17, 15) is 9.59 Å². The lowest BCUT2D eigenvalue weighted by molar-refractivity contribution is -0.142. The molecule has 0 aliphatic carbocycles. The molecule has 0 saturated heterocycles. The fourth-order valence-electron chi connectivity index (χ4n) is 2.63. The molecule has 1 atom stereocenters. The number of nitrogens with one attached hydrogen (secondary N) is 1. The summed E-state index contributed by atoms with van der Waals surface area (Å²) < 4.78 is 0. The lowest BCUT2D eigenvalue weighted by atomic mass is 10.1. The third-order valence-electron chi connectivity index (χ3n) is 4.23. The first-order chi connectivity index (χ1) is 12.1. The molecule has 0 aromatic rings. The van der Waals surface area contributed by atoms with E-state index >= 15 is 0 Å². The summed E-state index contributed by atoms with van der Waals surface area (Å²) in [5.41, 5.74) is 0. The molecule has 25 heavy (non-hydrogen) atoms. The van der Waals surface area contributed by atoms with E-state index in [1.807, 2.05) is 0 Å². The molecule has 1 amide bonds. The molecular weight excluding hydrogens is 318 g/mol. The van der Waals surface area contributed by atoms with Crippen LogP contribution in [0.25, 0.3) is 0 Å². The van der Waals surface area contributed by atoms with Crippen molar-refractivity contribution in [2.24, 2.45) is 0 Å². The van der Waals surface area contributed by atoms with Crippen LogP contribution in [-0.2, 0) is 9.59 Å². The summed E-state index contributed by atoms with van der Waals surface area (Å²) in [5.74, 6) is -1.51. The summed E-state index contributed by atoms with van der Waals surface area (Å²) in [6.45, 7) is 1.66. The van der Waals surface area contributed by atoms with Gasteiger partial charge in [-0.25, -0.2) is 4.79 Å². The average molecular weight is 356 g/mol. The molecule has 0 aromatic carbocycles. The Morgan fingerprint density at radius 3 is 1.92 bits per heavy atom. The molecule has 0 bridgehead atoms. The maximum Gasteiger partial charge on any atom is 0.328 e. The number of aliphatic carboxylic acids is 1. The van der Waals surface area contributed by atoms with E-state index in [-0.39, 0.29) is 5.91 Å². The van der Waals surface area contributed by atoms with E-state index in [2.05, 4.69) is 24.4 Å². The zero-order valence-corrected chi connectivity index (χ0v) is 15.8. The van der Waals surface area contributed by atoms with E-state index in [1.54, 1.807) is 0 Å². The fourth-order valence-corrected chi connectivity index (χ4v) is 2.63. The third-order valence-corrected chi connectivity index (χ3v) is 4.23. The first-order valence-electron chi connectivity index (χ1n) is 9.89. The summed E-state index contributed by atoms with van der Waals surface area (Å²) in [7, 11) is 0. The van der Waals surface area contributed by atoms with Crippen LogP contribution in [0.2, 0.25) is 0 Å². The first-order valence-corrected chi connectivity index (χ1v) is 9.89. The molecular formula is C20H37NO4. The molecule has 5 nitrogen and oxygen atoms in total. The minimum atomic E-state index is -1.20. The van der Waals surface area contributed by atoms with E-state index in [0.717, 1.165) is 32.1 Å². The van der Waals surface area contributed by atoms with Crippen molar-refractivity contribution in [2.45, 2.75) is 96.4 Å². The summed E-state index contributed by atoms with van der Waals surface area (Å²) in [5, 5.41) is 19.9. The number of hydrogen-bond donors (Lipinski definition) is 3. The van der Waals surface area contributed by atoms with Gasteiger partial charge in [-0.15, -0.1) is 0 Å². The van der Waals surface area contributed by atoms with Crippen LogP contribution in [0.1, 0.15) is 90.4 Å². The van der Waals surface area contributed by atoms with Crippen LogP contribution in [0.4, 0.5) is 0 Å². The number of aliphatic hydroxyl groups is 1. The number of amides is 1. The molecule has 0 unspecified atom stereocenters. The lowest BCUT2D eigenvalue weighted by Gasteiger charge is -2.11. The van der Waals surface area contributed by atoms with Crippen molar-refractivity contribution in [1.29, 1.82) is 0 Å². The quantitative estimate of drug-likeness (QED) is 0.270. The lowest BCUT2D eigenvalue weighted by Crippen LogP contribution is -2.43. The Bertz CT molecular complexity index is 369. The molecule has 146 valence electrons. The van der Waals surface area contributed by atoms with Crippen molar-refractivity contribution in [2.75, 3.05) is 6.61 Å². The molecule has 0 saturated carbocycles. The first kappa shape index (κ1) is 23.6. The highest BCUT2D eigenvalue weighted by atomic mass is 16.4. The van der Waals surface area contributed by atoms with Crippen LogP contribution in [0.3, 0.4) is 0 Å². The van der Waals surface area contributed by atoms with Gasteiger partial charge in [-0.2, -0.15) is 0 Å². The van der Waals surface area contributed by atoms with Crippen LogP contribution in [0, 0.1) is 0 Å². The molecule has 0 aliphatic rings. The van der Waals surface area contributed by atoms with Gasteiger partial charge in [0.25, 0.3) is 0 Å². The number of carbonyl (C=O) groups is 2. The monoisotopic (exact) mass is 355 g/mol. The van der Waals surface area contributed by atoms with Gasteiger partial charge in [0.15, 0.2) is 0 Å². The Morgan fingerprint density at radius 2 is 1.40 bits per heavy atom. The Hall–Kier alpha value is -1.36. The third kappa shape index (κ3) is 15.9. The van der Waals surface area contributed by atoms with Crippen LogP contribution in [-0.4, -0.2) is 34.7 Å². The van der Waals surface area contributed by atoms with Crippen molar-refractivity contribution in [3.8, 4) is 0 Å². The second-order valence-electron chi connectivity index (χ2n) is 6.62. The van der Waals surface area contributed by atoms with Crippen LogP contribution in [0.5, 0.6) is 0 Å². The van der Waals surface area contributed by atoms with Crippen molar-refractivity contribution in [1.82, 2.24) is 5.32 Å². The highest BCUT2D eigenvalue weighted by molar-refractivity contribution is 5.83. The summed E-state index contributed by atoms with van der Waals surface area (Å²) in [6, 6.07) is -1.19. The molecule has 0 fully saturated rings. The van der Waals surface area contributed by atoms with Gasteiger partial charge in [0, 0.05) is 6.42 Å². The molecule has 3 N–H and O–H groups in total. The van der Waals surface area contributed by atoms with Gasteiger partial charge < -0.3 is 15.5 Å². The predicted octanol–water partition coefficient (Wildman–Crippen LogP) is 4.20. The van der Waals surface area contributed by atoms with E-state index in [4.69, 9.17) is 10.2 Å². The second-order valence-corrected chi connectivity index (χ2v) is 6.62. The van der Waals surface area contributed by atoms with Crippen molar-refractivity contribution in [3.05, 3.63) is 12.2 Å². The maximum absolute atomic E-state index is 11.5. The highest BCUT2D eigenvalue weighted by Crippen LogP contribution is 2.09. The Morgan fingerprint density at radius 1 is 0.880 bits per heavy atom. The molecule has 5 heteroatoms. The van der Waals surface area contributed by atoms with Gasteiger partial charge >= 0.3 is 5.97 Å². The average Bonchev–Trinajstić information content (AvgIpc) is 2.59. The summed E-state index contributed by atoms with van der Waals surface area (Å²) in [4.78, 5) is 22.2. The number of carboxylic acid groups (broad SMARTS) is 1. The Kier molecular flexibility index (Phi) is 16.5. The summed E-state index contributed by atoms with van der Waals surface area (Å²) >= 11 is 0. The second kappa shape index (κ2) is 17.5. The molecule has 0 aliphatic heterocycles. The van der Waals surface area contributed by atoms with Crippen LogP contribution in [0.15, 0.2) is 12.2 Å². The SMILES string of the molecule is CCCCCCC/C=C\CCCCCCCC(=O)N[C@@H](CO)C(=O)O. The van der Waals surface area contributed by atoms with E-state index < -0.39 is 18.6 Å². The number of hydrogen-bond acceptors (Lipinski definition) is 3. The number of carbonyl (C=O) groups excluding carboxylic acids is 1. The smallest absolute Gasteiger partial charge is 0.328 e. The van der Waals surface area contributed by atoms with Gasteiger partial charge in [0.2, 0.25) is 5.91 Å². The van der Waals surface area contributed by atoms with Crippen molar-refractivity contribution in [3.63, 3.8) is 0 Å². The number of aliphatic hydroxyl groups excluding tert-OH is 1. The van der Waals surface area contributed by atoms with Crippen LogP contribution < -0.4 is 5.32 Å². The van der Waals surface area contributed by atoms with Gasteiger partial charge in [0.1, 0.15) is 6.04 Å². The van der Waals surface area contributed by atoms with Gasteiger partial charge in [0.05, 0.1) is 6.61 Å². The van der Waals surface area contributed by atoms with E-state index in [1.165, 1.54) is 44.9 Å². The van der Waals surface area contributed by atoms with Gasteiger partial charge in [-0.3, -0.25) is 4.79 Å². The van der Waals surface area contributed by atoms with Gasteiger partial charge in [-0.1, -0.05) is 64.0 Å². The Labute approximate surface area is 152 Å². The topological polar surface area (TPSA) is 86.6 Å². The van der Waals surface area contributed by atoms with Crippen LogP contribution >= 0.6 is 0 Å². The zero-order valence-electron chi connectivity index (χ0n) is 15.8. The largest absolute Gasteiger partial charge is 0.480 e. The number of unbranched alkanes of at least 4 members (excludes halogenated alkanes) is 10. The molecule has 0 rings (SSSR count). The summed E-state index contributed by atoms with van der Waals surface area (Å²) in [6.07, 6.45) is 19.1. The standard InChI is InChI=1S/C20H37NO4/c1-2-3-4-5-6-7-8-9-10-11-12-13-14-15-16-19(23)21-18(17-22)20(24)25/h8-9,18,22H,2-7,10-17H2,1H3,(H,21,23)(H,24,25)/b9-8-/t18-/m0/s1. The molecule has 0 spiro atoms. The zero-order chi connectivity index (χ0) is 18.8. The molecule has 0 aromatic heterocycles. The minimum Gasteiger partial charge on any atom is -0.480 e. The maximum atomic E-state index is 11.5. The minimum absolute atomic E-state index is 0.302. The Balaban J connectivity index is 3.38. The van der Waals surface area contributed by atoms with Gasteiger partial charge in [-0.05, 0) is 32.1 Å². The van der Waals surface area contributed by atoms with Crippen molar-refractivity contribution >= 4 is 11.9 Å². The van der Waals surface area contributed by atoms with E-state index in [0.29, 0.717) is 6.42 Å². The number of rotatable bonds is 17.